The molecule has 1 saturated heterocycles. The summed E-state index contributed by atoms with van der Waals surface area (Å²) in [4.78, 5) is 25.7. The Kier molecular flexibility index (Phi) is 6.37. The highest BCUT2D eigenvalue weighted by molar-refractivity contribution is 5.96. The monoisotopic (exact) mass is 439 g/mol. The van der Waals surface area contributed by atoms with Crippen molar-refractivity contribution >= 4 is 17.6 Å². The van der Waals surface area contributed by atoms with Crippen molar-refractivity contribution in [3.8, 4) is 11.5 Å². The van der Waals surface area contributed by atoms with Crippen LogP contribution in [0.5, 0.6) is 11.5 Å². The highest BCUT2D eigenvalue weighted by Crippen LogP contribution is 2.35. The van der Waals surface area contributed by atoms with E-state index in [1.807, 2.05) is 24.3 Å². The maximum absolute atomic E-state index is 12.7. The van der Waals surface area contributed by atoms with Crippen molar-refractivity contribution in [2.45, 2.75) is 50.0 Å². The lowest BCUT2D eigenvalue weighted by molar-refractivity contribution is -0.117. The van der Waals surface area contributed by atoms with Crippen LogP contribution < -0.4 is 14.4 Å². The molecule has 1 heterocycles. The average Bonchev–Trinajstić information content (AvgIpc) is 3.19. The Morgan fingerprint density at radius 2 is 1.84 bits per heavy atom. The number of rotatable bonds is 7. The van der Waals surface area contributed by atoms with Crippen LogP contribution in [0, 0.1) is 0 Å². The Hall–Kier alpha value is -3.06. The van der Waals surface area contributed by atoms with E-state index in [2.05, 4.69) is 0 Å². The number of carbonyl (C=O) groups excluding carboxylic acids is 1. The lowest BCUT2D eigenvalue weighted by Gasteiger charge is -2.31. The molecule has 4 rings (SSSR count). The van der Waals surface area contributed by atoms with Crippen LogP contribution in [0.4, 0.5) is 5.69 Å². The zero-order chi connectivity index (χ0) is 22.7. The highest BCUT2D eigenvalue weighted by atomic mass is 16.5. The molecule has 2 aromatic rings. The molecule has 1 unspecified atom stereocenters. The fraction of sp³-hybridized carbons (Fsp3) is 0.440. The average molecular weight is 440 g/mol. The quantitative estimate of drug-likeness (QED) is 0.677. The third kappa shape index (κ3) is 4.72. The number of methoxy groups -OCH3 is 1. The summed E-state index contributed by atoms with van der Waals surface area (Å²) in [6, 6.07) is 12.3. The molecule has 0 spiro atoms. The number of aliphatic hydroxyl groups is 1. The minimum atomic E-state index is -1.05. The van der Waals surface area contributed by atoms with Gasteiger partial charge in [-0.3, -0.25) is 4.79 Å². The molecule has 2 aliphatic rings. The van der Waals surface area contributed by atoms with Crippen molar-refractivity contribution in [2.24, 2.45) is 0 Å². The predicted molar refractivity (Wildman–Crippen MR) is 120 cm³/mol. The Balaban J connectivity index is 1.41. The van der Waals surface area contributed by atoms with Gasteiger partial charge in [-0.05, 0) is 54.8 Å². The van der Waals surface area contributed by atoms with Gasteiger partial charge in [-0.25, -0.2) is 4.79 Å². The maximum atomic E-state index is 12.7. The molecule has 1 aliphatic heterocycles. The summed E-state index contributed by atoms with van der Waals surface area (Å²) in [6.45, 7) is 0.791. The van der Waals surface area contributed by atoms with Crippen LogP contribution in [0.25, 0.3) is 0 Å². The van der Waals surface area contributed by atoms with Gasteiger partial charge in [0.2, 0.25) is 5.91 Å². The molecule has 1 aliphatic carbocycles. The summed E-state index contributed by atoms with van der Waals surface area (Å²) < 4.78 is 11.0. The summed E-state index contributed by atoms with van der Waals surface area (Å²) in [5.74, 6) is -0.111. The summed E-state index contributed by atoms with van der Waals surface area (Å²) in [7, 11) is 1.44. The van der Waals surface area contributed by atoms with Crippen molar-refractivity contribution in [2.75, 3.05) is 25.2 Å². The zero-order valence-corrected chi connectivity index (χ0v) is 18.3. The molecule has 32 heavy (non-hydrogen) atoms. The largest absolute Gasteiger partial charge is 0.496 e. The van der Waals surface area contributed by atoms with Gasteiger partial charge in [0, 0.05) is 24.6 Å². The molecule has 7 heteroatoms. The minimum Gasteiger partial charge on any atom is -0.496 e. The van der Waals surface area contributed by atoms with Gasteiger partial charge < -0.3 is 24.6 Å². The van der Waals surface area contributed by atoms with Crippen molar-refractivity contribution in [3.05, 3.63) is 53.6 Å². The molecule has 170 valence electrons. The van der Waals surface area contributed by atoms with Crippen molar-refractivity contribution < 1.29 is 29.3 Å². The van der Waals surface area contributed by atoms with Crippen LogP contribution in [0.15, 0.2) is 42.5 Å². The van der Waals surface area contributed by atoms with E-state index in [4.69, 9.17) is 9.47 Å². The molecule has 1 saturated carbocycles. The van der Waals surface area contributed by atoms with E-state index < -0.39 is 11.6 Å². The molecular weight excluding hydrogens is 410 g/mol. The SMILES string of the molecule is COc1cc(C2CC(=O)N(c3ccc(OCC4(O)CCCCC4)cc3)C2)ccc1C(=O)O. The molecule has 2 aromatic carbocycles. The zero-order valence-electron chi connectivity index (χ0n) is 18.3. The van der Waals surface area contributed by atoms with Gasteiger partial charge in [0.25, 0.3) is 0 Å². The number of amides is 1. The van der Waals surface area contributed by atoms with Crippen molar-refractivity contribution in [3.63, 3.8) is 0 Å². The predicted octanol–water partition coefficient (Wildman–Crippen LogP) is 3.99. The molecule has 1 amide bonds. The van der Waals surface area contributed by atoms with Gasteiger partial charge in [-0.1, -0.05) is 25.3 Å². The number of carboxylic acids is 1. The van der Waals surface area contributed by atoms with Crippen LogP contribution >= 0.6 is 0 Å². The normalized spacial score (nSPS) is 20.2. The van der Waals surface area contributed by atoms with E-state index >= 15 is 0 Å². The van der Waals surface area contributed by atoms with Crippen LogP contribution in [0.1, 0.15) is 60.4 Å². The number of hydrogen-bond donors (Lipinski definition) is 2. The van der Waals surface area contributed by atoms with Crippen LogP contribution in [0.2, 0.25) is 0 Å². The van der Waals surface area contributed by atoms with Gasteiger partial charge in [0.15, 0.2) is 0 Å². The third-order valence-corrected chi connectivity index (χ3v) is 6.49. The number of nitrogens with zero attached hydrogens (tertiary/aromatic N) is 1. The number of hydrogen-bond acceptors (Lipinski definition) is 5. The van der Waals surface area contributed by atoms with Crippen molar-refractivity contribution in [1.82, 2.24) is 0 Å². The highest BCUT2D eigenvalue weighted by Gasteiger charge is 2.33. The first-order valence-electron chi connectivity index (χ1n) is 11.1. The number of aromatic carboxylic acids is 1. The fourth-order valence-electron chi connectivity index (χ4n) is 4.61. The first-order valence-corrected chi connectivity index (χ1v) is 11.1. The molecule has 7 nitrogen and oxygen atoms in total. The summed E-state index contributed by atoms with van der Waals surface area (Å²) in [5.41, 5.74) is 1.02. The molecule has 2 N–H and O–H groups in total. The standard InChI is InChI=1S/C25H29NO6/c1-31-22-13-17(5-10-21(22)24(28)29)18-14-23(27)26(15-18)19-6-8-20(9-7-19)32-16-25(30)11-3-2-4-12-25/h5-10,13,18,30H,2-4,11-12,14-16H2,1H3,(H,28,29). The van der Waals surface area contributed by atoms with Gasteiger partial charge in [-0.2, -0.15) is 0 Å². The van der Waals surface area contributed by atoms with E-state index in [1.54, 1.807) is 17.0 Å². The van der Waals surface area contributed by atoms with Gasteiger partial charge in [-0.15, -0.1) is 0 Å². The molecule has 0 radical (unpaired) electrons. The van der Waals surface area contributed by atoms with Crippen molar-refractivity contribution in [1.29, 1.82) is 0 Å². The fourth-order valence-corrected chi connectivity index (χ4v) is 4.61. The smallest absolute Gasteiger partial charge is 0.339 e. The van der Waals surface area contributed by atoms with E-state index in [1.165, 1.54) is 19.6 Å². The van der Waals surface area contributed by atoms with Crippen LogP contribution in [-0.4, -0.2) is 48.0 Å². The minimum absolute atomic E-state index is 0.0152. The number of ether oxygens (including phenoxy) is 2. The second-order valence-corrected chi connectivity index (χ2v) is 8.74. The number of benzene rings is 2. The Morgan fingerprint density at radius 1 is 1.12 bits per heavy atom. The second-order valence-electron chi connectivity index (χ2n) is 8.74. The Labute approximate surface area is 187 Å². The lowest BCUT2D eigenvalue weighted by atomic mass is 9.85. The molecule has 2 fully saturated rings. The first kappa shape index (κ1) is 22.1. The lowest BCUT2D eigenvalue weighted by Crippen LogP contribution is -2.37. The molecule has 0 aromatic heterocycles. The summed E-state index contributed by atoms with van der Waals surface area (Å²) >= 11 is 0. The number of carbonyl (C=O) groups is 2. The Bertz CT molecular complexity index is 980. The van der Waals surface area contributed by atoms with Gasteiger partial charge in [0.05, 0.1) is 12.7 Å². The summed E-state index contributed by atoms with van der Waals surface area (Å²) in [6.07, 6.45) is 5.11. The topological polar surface area (TPSA) is 96.3 Å². The van der Waals surface area contributed by atoms with Crippen LogP contribution in [-0.2, 0) is 4.79 Å². The molecule has 1 atom stereocenters. The van der Waals surface area contributed by atoms with E-state index in [0.29, 0.717) is 24.5 Å². The first-order chi connectivity index (χ1) is 15.4. The summed E-state index contributed by atoms with van der Waals surface area (Å²) in [5, 5.41) is 19.9. The number of carboxylic acid groups (broad SMARTS) is 1. The van der Waals surface area contributed by atoms with E-state index in [0.717, 1.165) is 36.9 Å². The van der Waals surface area contributed by atoms with Crippen LogP contribution in [0.3, 0.4) is 0 Å². The van der Waals surface area contributed by atoms with E-state index in [9.17, 15) is 19.8 Å². The van der Waals surface area contributed by atoms with E-state index in [-0.39, 0.29) is 24.0 Å². The maximum Gasteiger partial charge on any atom is 0.339 e. The van der Waals surface area contributed by atoms with Gasteiger partial charge >= 0.3 is 5.97 Å². The third-order valence-electron chi connectivity index (χ3n) is 6.49. The molecular formula is C25H29NO6. The van der Waals surface area contributed by atoms with Gasteiger partial charge in [0.1, 0.15) is 23.7 Å². The molecule has 0 bridgehead atoms. The Morgan fingerprint density at radius 3 is 2.50 bits per heavy atom. The second kappa shape index (κ2) is 9.20. The number of anilines is 1.